The Kier molecular flexibility index (Phi) is 4.56. The molecule has 27 heavy (non-hydrogen) atoms. The third-order valence-electron chi connectivity index (χ3n) is 5.28. The van der Waals surface area contributed by atoms with Gasteiger partial charge in [-0.15, -0.1) is 0 Å². The van der Waals surface area contributed by atoms with Crippen LogP contribution in [0.4, 0.5) is 10.5 Å². The van der Waals surface area contributed by atoms with Crippen LogP contribution in [0.15, 0.2) is 48.9 Å². The second kappa shape index (κ2) is 7.02. The van der Waals surface area contributed by atoms with Crippen LogP contribution in [0.3, 0.4) is 0 Å². The Morgan fingerprint density at radius 1 is 1.15 bits per heavy atom. The van der Waals surface area contributed by atoms with E-state index in [0.29, 0.717) is 17.6 Å². The van der Waals surface area contributed by atoms with Gasteiger partial charge in [-0.1, -0.05) is 26.0 Å². The molecule has 1 aliphatic rings. The van der Waals surface area contributed by atoms with Crippen LogP contribution in [0, 0.1) is 5.92 Å². The van der Waals surface area contributed by atoms with Gasteiger partial charge in [0, 0.05) is 12.1 Å². The topological polar surface area (TPSA) is 63.1 Å². The lowest BCUT2D eigenvalue weighted by molar-refractivity contribution is 0.169. The van der Waals surface area contributed by atoms with Gasteiger partial charge in [0.05, 0.1) is 22.9 Å². The van der Waals surface area contributed by atoms with Crippen molar-refractivity contribution >= 4 is 22.8 Å². The number of pyridine rings is 1. The number of carbonyl (C=O) groups is 1. The lowest BCUT2D eigenvalue weighted by atomic mass is 10.0. The Labute approximate surface area is 159 Å². The van der Waals surface area contributed by atoms with Crippen molar-refractivity contribution < 1.29 is 4.79 Å². The molecule has 0 spiro atoms. The fraction of sp³-hybridized carbons (Fsp3) is 0.381. The number of benzene rings is 1. The Morgan fingerprint density at radius 3 is 2.59 bits per heavy atom. The molecule has 1 N–H and O–H groups in total. The first kappa shape index (κ1) is 17.5. The predicted molar refractivity (Wildman–Crippen MR) is 107 cm³/mol. The minimum atomic E-state index is -0.0404. The van der Waals surface area contributed by atoms with E-state index in [1.54, 1.807) is 12.5 Å². The first-order valence-electron chi connectivity index (χ1n) is 9.52. The summed E-state index contributed by atoms with van der Waals surface area (Å²) in [7, 11) is 0. The fourth-order valence-corrected chi connectivity index (χ4v) is 3.29. The molecule has 1 fully saturated rings. The second-order valence-electron chi connectivity index (χ2n) is 7.56. The number of anilines is 1. The lowest BCUT2D eigenvalue weighted by Gasteiger charge is -2.32. The number of urea groups is 1. The molecule has 6 heteroatoms. The highest BCUT2D eigenvalue weighted by molar-refractivity contribution is 5.90. The maximum Gasteiger partial charge on any atom is 0.322 e. The maximum absolute atomic E-state index is 12.8. The van der Waals surface area contributed by atoms with Crippen molar-refractivity contribution in [2.75, 3.05) is 5.32 Å². The Bertz CT molecular complexity index is 943. The average molecular weight is 363 g/mol. The zero-order chi connectivity index (χ0) is 19.0. The first-order valence-corrected chi connectivity index (χ1v) is 9.52. The summed E-state index contributed by atoms with van der Waals surface area (Å²) in [6, 6.07) is 12.3. The fourth-order valence-electron chi connectivity index (χ4n) is 3.29. The van der Waals surface area contributed by atoms with E-state index in [4.69, 9.17) is 0 Å². The number of aromatic nitrogens is 3. The average Bonchev–Trinajstić information content (AvgIpc) is 3.40. The molecule has 3 aromatic rings. The SMILES string of the molecule is CC(C)C(C)N(C(=O)Nc1ccc(-n2cnc3ccccc32)nc1)C1CC1. The summed E-state index contributed by atoms with van der Waals surface area (Å²) >= 11 is 0. The summed E-state index contributed by atoms with van der Waals surface area (Å²) in [6.07, 6.45) is 5.66. The van der Waals surface area contributed by atoms with E-state index >= 15 is 0 Å². The third kappa shape index (κ3) is 3.52. The van der Waals surface area contributed by atoms with Crippen LogP contribution in [0.2, 0.25) is 0 Å². The maximum atomic E-state index is 12.8. The van der Waals surface area contributed by atoms with Gasteiger partial charge in [0.15, 0.2) is 0 Å². The van der Waals surface area contributed by atoms with E-state index in [0.717, 1.165) is 29.7 Å². The highest BCUT2D eigenvalue weighted by atomic mass is 16.2. The molecule has 1 aromatic carbocycles. The van der Waals surface area contributed by atoms with Crippen molar-refractivity contribution in [2.45, 2.75) is 45.7 Å². The van der Waals surface area contributed by atoms with Crippen LogP contribution in [-0.2, 0) is 0 Å². The van der Waals surface area contributed by atoms with Gasteiger partial charge >= 0.3 is 6.03 Å². The van der Waals surface area contributed by atoms with E-state index in [1.165, 1.54) is 0 Å². The molecule has 1 aliphatic carbocycles. The molecule has 140 valence electrons. The number of rotatable bonds is 5. The van der Waals surface area contributed by atoms with Crippen LogP contribution in [-0.4, -0.2) is 37.5 Å². The predicted octanol–water partition coefficient (Wildman–Crippen LogP) is 4.46. The van der Waals surface area contributed by atoms with Crippen LogP contribution in [0.5, 0.6) is 0 Å². The third-order valence-corrected chi connectivity index (χ3v) is 5.28. The monoisotopic (exact) mass is 363 g/mol. The van der Waals surface area contributed by atoms with Gasteiger partial charge in [-0.2, -0.15) is 0 Å². The lowest BCUT2D eigenvalue weighted by Crippen LogP contribution is -2.45. The Hall–Kier alpha value is -2.89. The number of nitrogens with zero attached hydrogens (tertiary/aromatic N) is 4. The van der Waals surface area contributed by atoms with Gasteiger partial charge in [-0.25, -0.2) is 14.8 Å². The summed E-state index contributed by atoms with van der Waals surface area (Å²) in [6.45, 7) is 6.42. The van der Waals surface area contributed by atoms with Crippen molar-refractivity contribution in [3.63, 3.8) is 0 Å². The molecular formula is C21H25N5O. The number of hydrogen-bond acceptors (Lipinski definition) is 3. The first-order chi connectivity index (χ1) is 13.0. The molecule has 2 amide bonds. The van der Waals surface area contributed by atoms with Crippen LogP contribution in [0.25, 0.3) is 16.9 Å². The van der Waals surface area contributed by atoms with Crippen molar-refractivity contribution in [1.29, 1.82) is 0 Å². The summed E-state index contributed by atoms with van der Waals surface area (Å²) in [5.41, 5.74) is 2.64. The van der Waals surface area contributed by atoms with Gasteiger partial charge in [-0.05, 0) is 49.9 Å². The number of fused-ring (bicyclic) bond motifs is 1. The number of nitrogens with one attached hydrogen (secondary N) is 1. The smallest absolute Gasteiger partial charge is 0.319 e. The number of imidazole rings is 1. The largest absolute Gasteiger partial charge is 0.322 e. The zero-order valence-corrected chi connectivity index (χ0v) is 16.0. The highest BCUT2D eigenvalue weighted by Crippen LogP contribution is 2.31. The summed E-state index contributed by atoms with van der Waals surface area (Å²) < 4.78 is 1.94. The molecule has 6 nitrogen and oxygen atoms in total. The van der Waals surface area contributed by atoms with E-state index in [-0.39, 0.29) is 12.1 Å². The van der Waals surface area contributed by atoms with Gasteiger partial charge in [-0.3, -0.25) is 4.57 Å². The van der Waals surface area contributed by atoms with E-state index in [2.05, 4.69) is 36.1 Å². The van der Waals surface area contributed by atoms with E-state index in [1.807, 2.05) is 45.9 Å². The minimum Gasteiger partial charge on any atom is -0.319 e. The molecule has 1 saturated carbocycles. The van der Waals surface area contributed by atoms with Gasteiger partial charge in [0.25, 0.3) is 0 Å². The second-order valence-corrected chi connectivity index (χ2v) is 7.56. The van der Waals surface area contributed by atoms with Gasteiger partial charge in [0.2, 0.25) is 0 Å². The number of hydrogen-bond donors (Lipinski definition) is 1. The normalized spacial score (nSPS) is 15.1. The van der Waals surface area contributed by atoms with Crippen molar-refractivity contribution in [3.05, 3.63) is 48.9 Å². The highest BCUT2D eigenvalue weighted by Gasteiger charge is 2.36. The van der Waals surface area contributed by atoms with E-state index < -0.39 is 0 Å². The van der Waals surface area contributed by atoms with Crippen LogP contribution in [0.1, 0.15) is 33.6 Å². The van der Waals surface area contributed by atoms with Crippen molar-refractivity contribution in [3.8, 4) is 5.82 Å². The summed E-state index contributed by atoms with van der Waals surface area (Å²) in [5.74, 6) is 1.20. The molecule has 2 heterocycles. The molecule has 4 rings (SSSR count). The molecule has 0 bridgehead atoms. The molecular weight excluding hydrogens is 338 g/mol. The van der Waals surface area contributed by atoms with E-state index in [9.17, 15) is 4.79 Å². The number of para-hydroxylation sites is 2. The summed E-state index contributed by atoms with van der Waals surface area (Å²) in [4.78, 5) is 23.7. The zero-order valence-electron chi connectivity index (χ0n) is 16.0. The number of carbonyl (C=O) groups excluding carboxylic acids is 1. The molecule has 0 radical (unpaired) electrons. The van der Waals surface area contributed by atoms with Crippen molar-refractivity contribution in [1.82, 2.24) is 19.4 Å². The van der Waals surface area contributed by atoms with Gasteiger partial charge in [0.1, 0.15) is 12.1 Å². The summed E-state index contributed by atoms with van der Waals surface area (Å²) in [5, 5.41) is 3.01. The van der Waals surface area contributed by atoms with Gasteiger partial charge < -0.3 is 10.2 Å². The molecule has 1 unspecified atom stereocenters. The van der Waals surface area contributed by atoms with Crippen LogP contribution < -0.4 is 5.32 Å². The molecule has 0 aliphatic heterocycles. The minimum absolute atomic E-state index is 0.0404. The van der Waals surface area contributed by atoms with Crippen LogP contribution >= 0.6 is 0 Å². The van der Waals surface area contributed by atoms with Crippen molar-refractivity contribution in [2.24, 2.45) is 5.92 Å². The quantitative estimate of drug-likeness (QED) is 0.728. The Morgan fingerprint density at radius 2 is 1.93 bits per heavy atom. The molecule has 2 aromatic heterocycles. The number of amides is 2. The Balaban J connectivity index is 1.51. The standard InChI is InChI=1S/C21H25N5O/c1-14(2)15(3)26(17-9-10-17)21(27)24-16-8-11-20(22-12-16)25-13-23-18-6-4-5-7-19(18)25/h4-8,11-15,17H,9-10H2,1-3H3,(H,24,27). The molecule has 1 atom stereocenters. The molecule has 0 saturated heterocycles.